The summed E-state index contributed by atoms with van der Waals surface area (Å²) in [6.07, 6.45) is 0.445. The van der Waals surface area contributed by atoms with Crippen molar-refractivity contribution in [1.29, 1.82) is 0 Å². The van der Waals surface area contributed by atoms with Crippen LogP contribution in [0.4, 0.5) is 11.4 Å². The standard InChI is InChI=1S/C20H24ClN3O2/c1-26-19-8-7-16(21)15-18(19)22-20(25)9-10-23-11-13-24(14-12-23)17-5-3-2-4-6-17/h2-8,15H,9-14H2,1H3,(H,22,25). The van der Waals surface area contributed by atoms with Gasteiger partial charge >= 0.3 is 0 Å². The van der Waals surface area contributed by atoms with Crippen molar-refractivity contribution >= 4 is 28.9 Å². The Balaban J connectivity index is 1.45. The van der Waals surface area contributed by atoms with Crippen molar-refractivity contribution in [3.8, 4) is 5.75 Å². The molecule has 1 heterocycles. The molecule has 1 aliphatic heterocycles. The number of carbonyl (C=O) groups is 1. The van der Waals surface area contributed by atoms with Crippen LogP contribution in [0.1, 0.15) is 6.42 Å². The second-order valence-corrected chi connectivity index (χ2v) is 6.74. The highest BCUT2D eigenvalue weighted by Gasteiger charge is 2.18. The average molecular weight is 374 g/mol. The minimum Gasteiger partial charge on any atom is -0.495 e. The van der Waals surface area contributed by atoms with Gasteiger partial charge in [0, 0.05) is 49.9 Å². The van der Waals surface area contributed by atoms with E-state index in [9.17, 15) is 4.79 Å². The first-order valence-electron chi connectivity index (χ1n) is 8.81. The minimum absolute atomic E-state index is 0.0314. The van der Waals surface area contributed by atoms with Gasteiger partial charge < -0.3 is 15.0 Å². The van der Waals surface area contributed by atoms with Crippen LogP contribution in [-0.2, 0) is 4.79 Å². The molecule has 0 atom stereocenters. The van der Waals surface area contributed by atoms with Crippen molar-refractivity contribution in [3.63, 3.8) is 0 Å². The lowest BCUT2D eigenvalue weighted by Gasteiger charge is -2.36. The first-order valence-corrected chi connectivity index (χ1v) is 9.19. The van der Waals surface area contributed by atoms with E-state index in [1.54, 1.807) is 25.3 Å². The third-order valence-electron chi connectivity index (χ3n) is 4.58. The van der Waals surface area contributed by atoms with Crippen LogP contribution in [0.3, 0.4) is 0 Å². The Morgan fingerprint density at radius 3 is 2.54 bits per heavy atom. The summed E-state index contributed by atoms with van der Waals surface area (Å²) >= 11 is 6.00. The zero-order chi connectivity index (χ0) is 18.4. The van der Waals surface area contributed by atoms with Crippen LogP contribution in [0, 0.1) is 0 Å². The topological polar surface area (TPSA) is 44.8 Å². The number of hydrogen-bond acceptors (Lipinski definition) is 4. The van der Waals surface area contributed by atoms with Crippen LogP contribution in [-0.4, -0.2) is 50.6 Å². The van der Waals surface area contributed by atoms with E-state index in [-0.39, 0.29) is 5.91 Å². The number of hydrogen-bond donors (Lipinski definition) is 1. The van der Waals surface area contributed by atoms with Gasteiger partial charge in [-0.2, -0.15) is 0 Å². The van der Waals surface area contributed by atoms with Gasteiger partial charge in [0.05, 0.1) is 12.8 Å². The summed E-state index contributed by atoms with van der Waals surface area (Å²) in [5.74, 6) is 0.579. The Bertz CT molecular complexity index is 731. The van der Waals surface area contributed by atoms with E-state index in [0.717, 1.165) is 32.7 Å². The summed E-state index contributed by atoms with van der Waals surface area (Å²) in [4.78, 5) is 17.0. The molecule has 1 amide bonds. The van der Waals surface area contributed by atoms with Gasteiger partial charge in [-0.1, -0.05) is 29.8 Å². The highest BCUT2D eigenvalue weighted by molar-refractivity contribution is 6.31. The Labute approximate surface area is 159 Å². The van der Waals surface area contributed by atoms with Crippen molar-refractivity contribution in [2.24, 2.45) is 0 Å². The van der Waals surface area contributed by atoms with E-state index in [0.29, 0.717) is 22.9 Å². The third-order valence-corrected chi connectivity index (χ3v) is 4.82. The molecule has 0 bridgehead atoms. The quantitative estimate of drug-likeness (QED) is 0.841. The number of para-hydroxylation sites is 1. The molecule has 0 unspecified atom stereocenters. The lowest BCUT2D eigenvalue weighted by Crippen LogP contribution is -2.47. The number of piperazine rings is 1. The molecular formula is C20H24ClN3O2. The molecule has 5 nitrogen and oxygen atoms in total. The normalized spacial score (nSPS) is 14.9. The number of methoxy groups -OCH3 is 1. The molecule has 0 spiro atoms. The molecule has 2 aromatic rings. The minimum atomic E-state index is -0.0314. The van der Waals surface area contributed by atoms with E-state index in [1.807, 2.05) is 6.07 Å². The maximum absolute atomic E-state index is 12.3. The second kappa shape index (κ2) is 8.92. The molecular weight excluding hydrogens is 350 g/mol. The van der Waals surface area contributed by atoms with Gasteiger partial charge in [0.15, 0.2) is 0 Å². The first kappa shape index (κ1) is 18.5. The van der Waals surface area contributed by atoms with Crippen LogP contribution >= 0.6 is 11.6 Å². The van der Waals surface area contributed by atoms with Gasteiger partial charge in [-0.05, 0) is 30.3 Å². The number of nitrogens with one attached hydrogen (secondary N) is 1. The third kappa shape index (κ3) is 4.90. The van der Waals surface area contributed by atoms with Crippen LogP contribution < -0.4 is 15.0 Å². The molecule has 0 aliphatic carbocycles. The molecule has 1 N–H and O–H groups in total. The predicted octanol–water partition coefficient (Wildman–Crippen LogP) is 3.50. The molecule has 0 aromatic heterocycles. The molecule has 0 saturated carbocycles. The summed E-state index contributed by atoms with van der Waals surface area (Å²) in [5, 5.41) is 3.46. The fourth-order valence-corrected chi connectivity index (χ4v) is 3.29. The average Bonchev–Trinajstić information content (AvgIpc) is 2.68. The molecule has 6 heteroatoms. The Morgan fingerprint density at radius 2 is 1.85 bits per heavy atom. The van der Waals surface area contributed by atoms with Crippen LogP contribution in [0.5, 0.6) is 5.75 Å². The predicted molar refractivity (Wildman–Crippen MR) is 106 cm³/mol. The van der Waals surface area contributed by atoms with Crippen molar-refractivity contribution in [2.75, 3.05) is 50.1 Å². The summed E-state index contributed by atoms with van der Waals surface area (Å²) in [6.45, 7) is 4.63. The Hall–Kier alpha value is -2.24. The maximum atomic E-state index is 12.3. The highest BCUT2D eigenvalue weighted by Crippen LogP contribution is 2.27. The van der Waals surface area contributed by atoms with Gasteiger partial charge in [0.1, 0.15) is 5.75 Å². The number of ether oxygens (including phenoxy) is 1. The number of amides is 1. The Morgan fingerprint density at radius 1 is 1.12 bits per heavy atom. The molecule has 1 saturated heterocycles. The maximum Gasteiger partial charge on any atom is 0.225 e. The van der Waals surface area contributed by atoms with Crippen LogP contribution in [0.15, 0.2) is 48.5 Å². The highest BCUT2D eigenvalue weighted by atomic mass is 35.5. The lowest BCUT2D eigenvalue weighted by molar-refractivity contribution is -0.116. The smallest absolute Gasteiger partial charge is 0.225 e. The molecule has 0 radical (unpaired) electrons. The number of halogens is 1. The van der Waals surface area contributed by atoms with Crippen LogP contribution in [0.2, 0.25) is 5.02 Å². The molecule has 3 rings (SSSR count). The first-order chi connectivity index (χ1) is 12.7. The number of benzene rings is 2. The SMILES string of the molecule is COc1ccc(Cl)cc1NC(=O)CCN1CCN(c2ccccc2)CC1. The van der Waals surface area contributed by atoms with Gasteiger partial charge in [-0.25, -0.2) is 0 Å². The monoisotopic (exact) mass is 373 g/mol. The van der Waals surface area contributed by atoms with E-state index < -0.39 is 0 Å². The number of rotatable bonds is 6. The van der Waals surface area contributed by atoms with E-state index in [1.165, 1.54) is 5.69 Å². The zero-order valence-electron chi connectivity index (χ0n) is 15.0. The van der Waals surface area contributed by atoms with Gasteiger partial charge in [0.2, 0.25) is 5.91 Å². The second-order valence-electron chi connectivity index (χ2n) is 6.31. The fourth-order valence-electron chi connectivity index (χ4n) is 3.12. The van der Waals surface area contributed by atoms with Crippen molar-refractivity contribution in [1.82, 2.24) is 4.90 Å². The van der Waals surface area contributed by atoms with Crippen molar-refractivity contribution < 1.29 is 9.53 Å². The lowest BCUT2D eigenvalue weighted by atomic mass is 10.2. The summed E-state index contributed by atoms with van der Waals surface area (Å²) in [6, 6.07) is 15.6. The van der Waals surface area contributed by atoms with E-state index >= 15 is 0 Å². The number of nitrogens with zero attached hydrogens (tertiary/aromatic N) is 2. The van der Waals surface area contributed by atoms with E-state index in [2.05, 4.69) is 39.4 Å². The van der Waals surface area contributed by atoms with Gasteiger partial charge in [-0.15, -0.1) is 0 Å². The summed E-state index contributed by atoms with van der Waals surface area (Å²) in [5.41, 5.74) is 1.87. The Kier molecular flexibility index (Phi) is 6.36. The largest absolute Gasteiger partial charge is 0.495 e. The van der Waals surface area contributed by atoms with Crippen molar-refractivity contribution in [3.05, 3.63) is 53.6 Å². The number of anilines is 2. The van der Waals surface area contributed by atoms with E-state index in [4.69, 9.17) is 16.3 Å². The van der Waals surface area contributed by atoms with Crippen molar-refractivity contribution in [2.45, 2.75) is 6.42 Å². The van der Waals surface area contributed by atoms with Crippen LogP contribution in [0.25, 0.3) is 0 Å². The molecule has 138 valence electrons. The van der Waals surface area contributed by atoms with Gasteiger partial charge in [0.25, 0.3) is 0 Å². The molecule has 26 heavy (non-hydrogen) atoms. The fraction of sp³-hybridized carbons (Fsp3) is 0.350. The summed E-state index contributed by atoms with van der Waals surface area (Å²) < 4.78 is 5.26. The molecule has 1 fully saturated rings. The molecule has 1 aliphatic rings. The number of carbonyl (C=O) groups excluding carboxylic acids is 1. The summed E-state index contributed by atoms with van der Waals surface area (Å²) in [7, 11) is 1.57. The molecule has 2 aromatic carbocycles. The zero-order valence-corrected chi connectivity index (χ0v) is 15.7. The van der Waals surface area contributed by atoms with Gasteiger partial charge in [-0.3, -0.25) is 9.69 Å².